The standard InChI is InChI=1S/C52H41N5/c1-51(2)27-28-52(3,4)44-31-47-42(30-43(44)51)40-19-10-11-20-45(40)57(47)46-26-25-41(38-17-8-9-18-39(38)46)50-55-48(54-49(56-50)37-16-12-13-33(29-37)32-53)36-23-21-35(22-24-36)34-14-6-5-7-15-34/h5-26,29-31H,27-28H2,1-4H3. The second kappa shape index (κ2) is 13.1. The molecule has 0 spiro atoms. The molecule has 0 amide bonds. The molecule has 274 valence electrons. The maximum absolute atomic E-state index is 9.75. The Hall–Kier alpha value is -6.90. The molecule has 0 bridgehead atoms. The van der Waals surface area contributed by atoms with Crippen molar-refractivity contribution in [1.82, 2.24) is 19.5 Å². The van der Waals surface area contributed by atoms with E-state index >= 15 is 0 Å². The number of aromatic nitrogens is 4. The van der Waals surface area contributed by atoms with E-state index in [1.54, 1.807) is 6.07 Å². The molecule has 0 fully saturated rings. The number of benzene rings is 7. The molecule has 1 aliphatic rings. The molecule has 1 aliphatic carbocycles. The van der Waals surface area contributed by atoms with Crippen LogP contribution in [0.3, 0.4) is 0 Å². The molecular weight excluding hydrogens is 695 g/mol. The van der Waals surface area contributed by atoms with Crippen molar-refractivity contribution >= 4 is 32.6 Å². The van der Waals surface area contributed by atoms with Gasteiger partial charge in [-0.15, -0.1) is 0 Å². The molecule has 0 radical (unpaired) electrons. The van der Waals surface area contributed by atoms with Gasteiger partial charge in [0.15, 0.2) is 17.5 Å². The molecule has 0 saturated carbocycles. The average Bonchev–Trinajstić information content (AvgIpc) is 3.58. The number of rotatable bonds is 5. The van der Waals surface area contributed by atoms with Gasteiger partial charge in [0.1, 0.15) is 0 Å². The van der Waals surface area contributed by atoms with Crippen molar-refractivity contribution < 1.29 is 0 Å². The van der Waals surface area contributed by atoms with Gasteiger partial charge in [0.05, 0.1) is 28.4 Å². The van der Waals surface area contributed by atoms with Crippen molar-refractivity contribution in [2.24, 2.45) is 0 Å². The van der Waals surface area contributed by atoms with Gasteiger partial charge in [-0.05, 0) is 93.8 Å². The first-order chi connectivity index (χ1) is 27.7. The maximum atomic E-state index is 9.75. The molecule has 0 aliphatic heterocycles. The van der Waals surface area contributed by atoms with Crippen LogP contribution in [0.5, 0.6) is 0 Å². The van der Waals surface area contributed by atoms with Crippen LogP contribution < -0.4 is 0 Å². The number of fused-ring (bicyclic) bond motifs is 5. The molecule has 0 atom stereocenters. The van der Waals surface area contributed by atoms with Gasteiger partial charge in [-0.2, -0.15) is 5.26 Å². The number of nitriles is 1. The van der Waals surface area contributed by atoms with E-state index < -0.39 is 0 Å². The molecule has 0 N–H and O–H groups in total. The lowest BCUT2D eigenvalue weighted by molar-refractivity contribution is 0.332. The second-order valence-corrected chi connectivity index (χ2v) is 16.7. The molecule has 2 heterocycles. The summed E-state index contributed by atoms with van der Waals surface area (Å²) in [7, 11) is 0. The van der Waals surface area contributed by atoms with Gasteiger partial charge in [-0.25, -0.2) is 15.0 Å². The number of para-hydroxylation sites is 1. The lowest BCUT2D eigenvalue weighted by Crippen LogP contribution is -2.33. The summed E-state index contributed by atoms with van der Waals surface area (Å²) in [5.41, 5.74) is 12.0. The van der Waals surface area contributed by atoms with Crippen molar-refractivity contribution in [2.45, 2.75) is 51.4 Å². The van der Waals surface area contributed by atoms with E-state index in [0.29, 0.717) is 23.0 Å². The lowest BCUT2D eigenvalue weighted by atomic mass is 9.63. The highest BCUT2D eigenvalue weighted by atomic mass is 15.0. The summed E-state index contributed by atoms with van der Waals surface area (Å²) in [4.78, 5) is 15.3. The van der Waals surface area contributed by atoms with Crippen LogP contribution in [-0.4, -0.2) is 19.5 Å². The van der Waals surface area contributed by atoms with Gasteiger partial charge in [0.25, 0.3) is 0 Å². The second-order valence-electron chi connectivity index (χ2n) is 16.7. The van der Waals surface area contributed by atoms with Crippen LogP contribution in [0.15, 0.2) is 152 Å². The third-order valence-corrected chi connectivity index (χ3v) is 12.2. The first-order valence-corrected chi connectivity index (χ1v) is 19.7. The fourth-order valence-corrected chi connectivity index (χ4v) is 8.89. The fourth-order valence-electron chi connectivity index (χ4n) is 8.89. The zero-order chi connectivity index (χ0) is 38.9. The van der Waals surface area contributed by atoms with Crippen LogP contribution in [0.4, 0.5) is 0 Å². The predicted octanol–water partition coefficient (Wildman–Crippen LogP) is 13.0. The molecule has 0 unspecified atom stereocenters. The number of hydrogen-bond donors (Lipinski definition) is 0. The summed E-state index contributed by atoms with van der Waals surface area (Å²) >= 11 is 0. The smallest absolute Gasteiger partial charge is 0.164 e. The summed E-state index contributed by atoms with van der Waals surface area (Å²) < 4.78 is 2.46. The van der Waals surface area contributed by atoms with Crippen molar-refractivity contribution in [1.29, 1.82) is 5.26 Å². The van der Waals surface area contributed by atoms with Gasteiger partial charge >= 0.3 is 0 Å². The summed E-state index contributed by atoms with van der Waals surface area (Å²) in [5, 5.41) is 14.5. The Morgan fingerprint density at radius 1 is 0.474 bits per heavy atom. The summed E-state index contributed by atoms with van der Waals surface area (Å²) in [6, 6.07) is 55.2. The average molecular weight is 736 g/mol. The Morgan fingerprint density at radius 3 is 1.79 bits per heavy atom. The number of hydrogen-bond acceptors (Lipinski definition) is 4. The van der Waals surface area contributed by atoms with E-state index in [2.05, 4.69) is 148 Å². The fraction of sp³-hybridized carbons (Fsp3) is 0.154. The van der Waals surface area contributed by atoms with E-state index in [1.807, 2.05) is 36.4 Å². The van der Waals surface area contributed by atoms with Crippen LogP contribution in [0.1, 0.15) is 57.2 Å². The van der Waals surface area contributed by atoms with Gasteiger partial charge in [-0.1, -0.05) is 137 Å². The molecule has 5 heteroatoms. The number of nitrogens with zero attached hydrogens (tertiary/aromatic N) is 5. The Kier molecular flexibility index (Phi) is 7.95. The van der Waals surface area contributed by atoms with E-state index in [9.17, 15) is 5.26 Å². The van der Waals surface area contributed by atoms with E-state index in [-0.39, 0.29) is 10.8 Å². The van der Waals surface area contributed by atoms with E-state index in [1.165, 1.54) is 39.4 Å². The summed E-state index contributed by atoms with van der Waals surface area (Å²) in [6.07, 6.45) is 2.33. The van der Waals surface area contributed by atoms with Crippen LogP contribution >= 0.6 is 0 Å². The molecular formula is C52H41N5. The predicted molar refractivity (Wildman–Crippen MR) is 233 cm³/mol. The molecule has 7 aromatic carbocycles. The minimum atomic E-state index is 0.0783. The zero-order valence-corrected chi connectivity index (χ0v) is 32.6. The third-order valence-electron chi connectivity index (χ3n) is 12.2. The van der Waals surface area contributed by atoms with Gasteiger partial charge < -0.3 is 4.57 Å². The van der Waals surface area contributed by atoms with Crippen LogP contribution in [0, 0.1) is 11.3 Å². The van der Waals surface area contributed by atoms with Crippen LogP contribution in [-0.2, 0) is 10.8 Å². The van der Waals surface area contributed by atoms with Crippen molar-refractivity contribution in [3.8, 4) is 57.0 Å². The SMILES string of the molecule is CC1(C)CCC(C)(C)c2cc3c(cc21)c1ccccc1n3-c1ccc(-c2nc(-c3ccc(-c4ccccc4)cc3)nc(-c3cccc(C#N)c3)n2)c2ccccc12. The normalized spacial score (nSPS) is 14.4. The van der Waals surface area contributed by atoms with Crippen LogP contribution in [0.2, 0.25) is 0 Å². The first kappa shape index (κ1) is 34.6. The highest BCUT2D eigenvalue weighted by Crippen LogP contribution is 2.49. The Bertz CT molecular complexity index is 3070. The highest BCUT2D eigenvalue weighted by Gasteiger charge is 2.38. The highest BCUT2D eigenvalue weighted by molar-refractivity contribution is 6.12. The summed E-state index contributed by atoms with van der Waals surface area (Å²) in [6.45, 7) is 9.59. The van der Waals surface area contributed by atoms with Crippen LogP contribution in [0.25, 0.3) is 83.6 Å². The monoisotopic (exact) mass is 735 g/mol. The van der Waals surface area contributed by atoms with E-state index in [4.69, 9.17) is 15.0 Å². The molecule has 5 nitrogen and oxygen atoms in total. The Morgan fingerprint density at radius 2 is 1.05 bits per heavy atom. The Labute approximate surface area is 333 Å². The molecule has 9 aromatic rings. The van der Waals surface area contributed by atoms with E-state index in [0.717, 1.165) is 50.7 Å². The topological polar surface area (TPSA) is 67.4 Å². The van der Waals surface area contributed by atoms with Crippen molar-refractivity contribution in [3.63, 3.8) is 0 Å². The zero-order valence-electron chi connectivity index (χ0n) is 32.6. The first-order valence-electron chi connectivity index (χ1n) is 19.7. The van der Waals surface area contributed by atoms with Gasteiger partial charge in [0, 0.05) is 32.8 Å². The minimum Gasteiger partial charge on any atom is -0.309 e. The molecule has 2 aromatic heterocycles. The quantitative estimate of drug-likeness (QED) is 0.176. The van der Waals surface area contributed by atoms with Crippen molar-refractivity contribution in [2.75, 3.05) is 0 Å². The third kappa shape index (κ3) is 5.79. The largest absolute Gasteiger partial charge is 0.309 e. The lowest BCUT2D eigenvalue weighted by Gasteiger charge is -2.42. The summed E-state index contributed by atoms with van der Waals surface area (Å²) in [5.74, 6) is 1.67. The molecule has 0 saturated heterocycles. The Balaban J connectivity index is 1.18. The molecule has 57 heavy (non-hydrogen) atoms. The molecule has 10 rings (SSSR count). The van der Waals surface area contributed by atoms with Crippen molar-refractivity contribution in [3.05, 3.63) is 168 Å². The van der Waals surface area contributed by atoms with Gasteiger partial charge in [-0.3, -0.25) is 0 Å². The van der Waals surface area contributed by atoms with Gasteiger partial charge in [0.2, 0.25) is 0 Å². The minimum absolute atomic E-state index is 0.0783. The maximum Gasteiger partial charge on any atom is 0.164 e.